The number of fused-ring (bicyclic) bond motifs is 10. The molecule has 0 unspecified atom stereocenters. The fraction of sp³-hybridized carbons (Fsp3) is 0. The molecule has 2 heterocycles. The van der Waals surface area contributed by atoms with Gasteiger partial charge in [-0.15, -0.1) is 11.3 Å². The van der Waals surface area contributed by atoms with Gasteiger partial charge in [0.15, 0.2) is 0 Å². The van der Waals surface area contributed by atoms with Crippen molar-refractivity contribution in [3.63, 3.8) is 0 Å². The molecule has 0 N–H and O–H groups in total. The van der Waals surface area contributed by atoms with Crippen LogP contribution in [0.3, 0.4) is 0 Å². The Morgan fingerprint density at radius 1 is 0.429 bits per heavy atom. The first-order valence-electron chi connectivity index (χ1n) is 14.4. The van der Waals surface area contributed by atoms with Crippen molar-refractivity contribution in [2.24, 2.45) is 0 Å². The molecule has 2 aromatic heterocycles. The van der Waals surface area contributed by atoms with Gasteiger partial charge in [-0.3, -0.25) is 0 Å². The maximum atomic E-state index is 2.53. The highest BCUT2D eigenvalue weighted by Gasteiger charge is 2.21. The van der Waals surface area contributed by atoms with E-state index in [1.165, 1.54) is 81.4 Å². The lowest BCUT2D eigenvalue weighted by atomic mass is 9.96. The average Bonchev–Trinajstić information content (AvgIpc) is 3.69. The van der Waals surface area contributed by atoms with Gasteiger partial charge in [-0.05, 0) is 79.5 Å². The van der Waals surface area contributed by atoms with E-state index in [0.29, 0.717) is 0 Å². The van der Waals surface area contributed by atoms with E-state index in [9.17, 15) is 0 Å². The molecule has 0 saturated heterocycles. The summed E-state index contributed by atoms with van der Waals surface area (Å²) in [7, 11) is 0. The standard InChI is InChI=1S/C40H25NS/c1-3-11-26(12-4-1)29-23-30(27-13-5-2-6-14-27)25-31(24-29)41-36-20-19-28-21-22-42-40(28)38(36)37-34-17-9-7-15-32(34)33-16-8-10-18-35(33)39(37)41/h1-25H. The van der Waals surface area contributed by atoms with E-state index in [1.54, 1.807) is 0 Å². The first-order valence-corrected chi connectivity index (χ1v) is 15.2. The molecule has 0 aliphatic carbocycles. The fourth-order valence-corrected chi connectivity index (χ4v) is 7.73. The number of rotatable bonds is 3. The minimum atomic E-state index is 1.17. The molecular weight excluding hydrogens is 527 g/mol. The molecule has 196 valence electrons. The van der Waals surface area contributed by atoms with Crippen molar-refractivity contribution in [3.05, 3.63) is 151 Å². The SMILES string of the molecule is c1ccc(-c2cc(-c3ccccc3)cc(-n3c4ccc5ccsc5c4c4c5ccccc5c5ccccc5c43)c2)cc1. The highest BCUT2D eigenvalue weighted by molar-refractivity contribution is 7.18. The number of thiophene rings is 1. The van der Waals surface area contributed by atoms with Crippen LogP contribution in [-0.4, -0.2) is 4.57 Å². The monoisotopic (exact) mass is 551 g/mol. The van der Waals surface area contributed by atoms with E-state index in [1.807, 2.05) is 11.3 Å². The number of nitrogens with zero attached hydrogens (tertiary/aromatic N) is 1. The fourth-order valence-electron chi connectivity index (χ4n) is 6.78. The topological polar surface area (TPSA) is 4.93 Å². The maximum Gasteiger partial charge on any atom is 0.0626 e. The second kappa shape index (κ2) is 9.17. The Morgan fingerprint density at radius 3 is 1.67 bits per heavy atom. The summed E-state index contributed by atoms with van der Waals surface area (Å²) >= 11 is 1.84. The van der Waals surface area contributed by atoms with E-state index >= 15 is 0 Å². The summed E-state index contributed by atoms with van der Waals surface area (Å²) in [6, 6.07) is 53.2. The van der Waals surface area contributed by atoms with Crippen LogP contribution in [0.1, 0.15) is 0 Å². The smallest absolute Gasteiger partial charge is 0.0626 e. The van der Waals surface area contributed by atoms with Crippen LogP contribution in [0.2, 0.25) is 0 Å². The molecule has 7 aromatic carbocycles. The molecule has 0 spiro atoms. The second-order valence-corrected chi connectivity index (χ2v) is 11.9. The predicted octanol–water partition coefficient (Wildman–Crippen LogP) is 11.6. The summed E-state index contributed by atoms with van der Waals surface area (Å²) in [5.41, 5.74) is 8.54. The first-order chi connectivity index (χ1) is 20.8. The van der Waals surface area contributed by atoms with Crippen molar-refractivity contribution in [2.45, 2.75) is 0 Å². The normalized spacial score (nSPS) is 11.8. The van der Waals surface area contributed by atoms with Crippen LogP contribution in [0, 0.1) is 0 Å². The van der Waals surface area contributed by atoms with Crippen molar-refractivity contribution >= 4 is 64.8 Å². The molecule has 0 aliphatic rings. The summed E-state index contributed by atoms with van der Waals surface area (Å²) in [4.78, 5) is 0. The summed E-state index contributed by atoms with van der Waals surface area (Å²) < 4.78 is 3.87. The number of benzene rings is 7. The lowest BCUT2D eigenvalue weighted by molar-refractivity contribution is 1.19. The summed E-state index contributed by atoms with van der Waals surface area (Å²) in [5.74, 6) is 0. The van der Waals surface area contributed by atoms with E-state index in [4.69, 9.17) is 0 Å². The Hall–Kier alpha value is -5.18. The van der Waals surface area contributed by atoms with Crippen LogP contribution in [0.15, 0.2) is 151 Å². The van der Waals surface area contributed by atoms with Gasteiger partial charge in [0.05, 0.1) is 11.0 Å². The van der Waals surface area contributed by atoms with E-state index in [2.05, 4.69) is 156 Å². The minimum Gasteiger partial charge on any atom is -0.308 e. The third-order valence-corrected chi connectivity index (χ3v) is 9.56. The molecular formula is C40H25NS. The summed E-state index contributed by atoms with van der Waals surface area (Å²) in [5, 5.41) is 11.4. The number of hydrogen-bond donors (Lipinski definition) is 0. The third-order valence-electron chi connectivity index (χ3n) is 8.61. The Labute approximate surface area is 247 Å². The molecule has 0 radical (unpaired) electrons. The van der Waals surface area contributed by atoms with E-state index in [0.717, 1.165) is 0 Å². The lowest BCUT2D eigenvalue weighted by Gasteiger charge is -2.15. The Bertz CT molecular complexity index is 2390. The zero-order valence-corrected chi connectivity index (χ0v) is 23.6. The van der Waals surface area contributed by atoms with E-state index in [-0.39, 0.29) is 0 Å². The zero-order valence-electron chi connectivity index (χ0n) is 22.8. The number of hydrogen-bond acceptors (Lipinski definition) is 1. The molecule has 2 heteroatoms. The van der Waals surface area contributed by atoms with Gasteiger partial charge in [-0.1, -0.05) is 115 Å². The summed E-state index contributed by atoms with van der Waals surface area (Å²) in [6.07, 6.45) is 0. The highest BCUT2D eigenvalue weighted by atomic mass is 32.1. The minimum absolute atomic E-state index is 1.17. The molecule has 9 rings (SSSR count). The summed E-state index contributed by atoms with van der Waals surface area (Å²) in [6.45, 7) is 0. The van der Waals surface area contributed by atoms with Crippen LogP contribution in [0.5, 0.6) is 0 Å². The van der Waals surface area contributed by atoms with Crippen molar-refractivity contribution < 1.29 is 0 Å². The molecule has 0 bridgehead atoms. The predicted molar refractivity (Wildman–Crippen MR) is 182 cm³/mol. The van der Waals surface area contributed by atoms with Crippen LogP contribution in [0.25, 0.3) is 81.4 Å². The molecule has 0 aliphatic heterocycles. The van der Waals surface area contributed by atoms with Crippen LogP contribution in [0.4, 0.5) is 0 Å². The van der Waals surface area contributed by atoms with Crippen molar-refractivity contribution in [2.75, 3.05) is 0 Å². The lowest BCUT2D eigenvalue weighted by Crippen LogP contribution is -1.97. The van der Waals surface area contributed by atoms with Gasteiger partial charge in [0.1, 0.15) is 0 Å². The zero-order chi connectivity index (χ0) is 27.6. The second-order valence-electron chi connectivity index (χ2n) is 10.9. The van der Waals surface area contributed by atoms with Gasteiger partial charge in [-0.25, -0.2) is 0 Å². The quantitative estimate of drug-likeness (QED) is 0.192. The molecule has 0 atom stereocenters. The molecule has 42 heavy (non-hydrogen) atoms. The Kier molecular flexibility index (Phi) is 5.13. The van der Waals surface area contributed by atoms with Crippen LogP contribution in [-0.2, 0) is 0 Å². The highest BCUT2D eigenvalue weighted by Crippen LogP contribution is 2.46. The molecule has 0 amide bonds. The largest absolute Gasteiger partial charge is 0.308 e. The van der Waals surface area contributed by atoms with Gasteiger partial charge < -0.3 is 4.57 Å². The van der Waals surface area contributed by atoms with Gasteiger partial charge in [0.2, 0.25) is 0 Å². The third kappa shape index (κ3) is 3.43. The average molecular weight is 552 g/mol. The van der Waals surface area contributed by atoms with Crippen molar-refractivity contribution in [1.29, 1.82) is 0 Å². The van der Waals surface area contributed by atoms with Gasteiger partial charge in [0.25, 0.3) is 0 Å². The van der Waals surface area contributed by atoms with Gasteiger partial charge in [-0.2, -0.15) is 0 Å². The van der Waals surface area contributed by atoms with Crippen molar-refractivity contribution in [1.82, 2.24) is 4.57 Å². The molecule has 0 saturated carbocycles. The Balaban J connectivity index is 1.52. The van der Waals surface area contributed by atoms with Crippen LogP contribution < -0.4 is 0 Å². The first kappa shape index (κ1) is 23.5. The van der Waals surface area contributed by atoms with Gasteiger partial charge in [0, 0.05) is 26.5 Å². The maximum absolute atomic E-state index is 2.53. The van der Waals surface area contributed by atoms with E-state index < -0.39 is 0 Å². The molecule has 9 aromatic rings. The van der Waals surface area contributed by atoms with Crippen molar-refractivity contribution in [3.8, 4) is 27.9 Å². The Morgan fingerprint density at radius 2 is 1.00 bits per heavy atom. The van der Waals surface area contributed by atoms with Gasteiger partial charge >= 0.3 is 0 Å². The molecule has 1 nitrogen and oxygen atoms in total. The number of aromatic nitrogens is 1. The molecule has 0 fully saturated rings. The van der Waals surface area contributed by atoms with Crippen LogP contribution >= 0.6 is 11.3 Å².